The SMILES string of the molecule is CC(C)(C)OC(C(N)=O)C12CC(C(OC(C)(C)C)C(N)=O)(C1)C2. The molecule has 0 spiro atoms. The fourth-order valence-corrected chi connectivity index (χ4v) is 4.18. The van der Waals surface area contributed by atoms with Gasteiger partial charge in [0.05, 0.1) is 11.2 Å². The summed E-state index contributed by atoms with van der Waals surface area (Å²) in [5, 5.41) is 0. The van der Waals surface area contributed by atoms with Gasteiger partial charge < -0.3 is 20.9 Å². The van der Waals surface area contributed by atoms with Crippen molar-refractivity contribution >= 4 is 11.8 Å². The van der Waals surface area contributed by atoms with E-state index in [2.05, 4.69) is 0 Å². The summed E-state index contributed by atoms with van der Waals surface area (Å²) in [5.74, 6) is -0.888. The highest BCUT2D eigenvalue weighted by molar-refractivity contribution is 5.83. The van der Waals surface area contributed by atoms with E-state index in [0.717, 1.165) is 0 Å². The molecular weight excluding hydrogens is 296 g/mol. The van der Waals surface area contributed by atoms with Gasteiger partial charge in [0.1, 0.15) is 12.2 Å². The summed E-state index contributed by atoms with van der Waals surface area (Å²) in [4.78, 5) is 23.7. The zero-order valence-electron chi connectivity index (χ0n) is 15.1. The molecule has 3 saturated carbocycles. The van der Waals surface area contributed by atoms with Gasteiger partial charge in [-0.25, -0.2) is 0 Å². The third-order valence-corrected chi connectivity index (χ3v) is 4.68. The van der Waals surface area contributed by atoms with Crippen molar-refractivity contribution in [2.45, 2.75) is 84.2 Å². The second-order valence-corrected chi connectivity index (χ2v) is 9.28. The Balaban J connectivity index is 2.11. The van der Waals surface area contributed by atoms with Crippen LogP contribution in [0.3, 0.4) is 0 Å². The average molecular weight is 326 g/mol. The van der Waals surface area contributed by atoms with Crippen LogP contribution in [-0.4, -0.2) is 35.2 Å². The van der Waals surface area contributed by atoms with Crippen LogP contribution in [0.25, 0.3) is 0 Å². The maximum atomic E-state index is 11.9. The molecule has 6 heteroatoms. The molecule has 0 aromatic heterocycles. The zero-order chi connectivity index (χ0) is 17.8. The smallest absolute Gasteiger partial charge is 0.247 e. The van der Waals surface area contributed by atoms with Crippen LogP contribution < -0.4 is 11.5 Å². The van der Waals surface area contributed by atoms with Crippen LogP contribution >= 0.6 is 0 Å². The van der Waals surface area contributed by atoms with E-state index >= 15 is 0 Å². The van der Waals surface area contributed by atoms with Crippen molar-refractivity contribution in [1.82, 2.24) is 0 Å². The van der Waals surface area contributed by atoms with Gasteiger partial charge >= 0.3 is 0 Å². The summed E-state index contributed by atoms with van der Waals surface area (Å²) in [5.41, 5.74) is 9.67. The van der Waals surface area contributed by atoms with Crippen molar-refractivity contribution in [2.24, 2.45) is 22.3 Å². The Morgan fingerprint density at radius 2 is 1.04 bits per heavy atom. The van der Waals surface area contributed by atoms with Crippen LogP contribution in [0.1, 0.15) is 60.8 Å². The number of rotatable bonds is 6. The van der Waals surface area contributed by atoms with Crippen LogP contribution in [-0.2, 0) is 19.1 Å². The first-order chi connectivity index (χ1) is 10.2. The Morgan fingerprint density at radius 3 is 1.22 bits per heavy atom. The van der Waals surface area contributed by atoms with Gasteiger partial charge in [-0.15, -0.1) is 0 Å². The highest BCUT2D eigenvalue weighted by atomic mass is 16.5. The Kier molecular flexibility index (Phi) is 4.10. The van der Waals surface area contributed by atoms with Crippen LogP contribution in [0.5, 0.6) is 0 Å². The molecule has 2 bridgehead atoms. The van der Waals surface area contributed by atoms with E-state index in [1.807, 2.05) is 41.5 Å². The lowest BCUT2D eigenvalue weighted by molar-refractivity contribution is -0.312. The highest BCUT2D eigenvalue weighted by Crippen LogP contribution is 2.77. The number of hydrogen-bond acceptors (Lipinski definition) is 4. The monoisotopic (exact) mass is 326 g/mol. The van der Waals surface area contributed by atoms with Gasteiger partial charge in [0.15, 0.2) is 0 Å². The standard InChI is InChI=1S/C17H30N2O4/c1-14(2,3)22-10(12(18)20)16-7-17(8-16,9-16)11(13(19)21)23-15(4,5)6/h10-11H,7-9H2,1-6H3,(H2,18,20)(H2,19,21). The normalized spacial score (nSPS) is 32.4. The first-order valence-corrected chi connectivity index (χ1v) is 8.14. The zero-order valence-corrected chi connectivity index (χ0v) is 15.1. The summed E-state index contributed by atoms with van der Waals surface area (Å²) < 4.78 is 11.8. The summed E-state index contributed by atoms with van der Waals surface area (Å²) in [6, 6.07) is 0. The first kappa shape index (κ1) is 18.2. The summed E-state index contributed by atoms with van der Waals surface area (Å²) in [6.45, 7) is 11.4. The third-order valence-electron chi connectivity index (χ3n) is 4.68. The summed E-state index contributed by atoms with van der Waals surface area (Å²) in [6.07, 6.45) is 0.800. The van der Waals surface area contributed by atoms with Crippen molar-refractivity contribution in [3.05, 3.63) is 0 Å². The van der Waals surface area contributed by atoms with Crippen LogP contribution in [0, 0.1) is 10.8 Å². The van der Waals surface area contributed by atoms with Crippen molar-refractivity contribution in [3.8, 4) is 0 Å². The number of amides is 2. The Labute approximate surface area is 138 Å². The lowest BCUT2D eigenvalue weighted by atomic mass is 9.32. The minimum atomic E-state index is -0.632. The third kappa shape index (κ3) is 3.38. The number of ether oxygens (including phenoxy) is 2. The van der Waals surface area contributed by atoms with Crippen LogP contribution in [0.2, 0.25) is 0 Å². The molecule has 3 rings (SSSR count). The molecule has 0 aliphatic heterocycles. The van der Waals surface area contributed by atoms with Gasteiger partial charge in [-0.3, -0.25) is 9.59 Å². The molecule has 0 heterocycles. The van der Waals surface area contributed by atoms with E-state index in [9.17, 15) is 9.59 Å². The van der Waals surface area contributed by atoms with E-state index in [0.29, 0.717) is 19.3 Å². The molecule has 2 amide bonds. The van der Waals surface area contributed by atoms with Gasteiger partial charge in [0.25, 0.3) is 0 Å². The predicted molar refractivity (Wildman–Crippen MR) is 86.4 cm³/mol. The van der Waals surface area contributed by atoms with Crippen molar-refractivity contribution in [1.29, 1.82) is 0 Å². The highest BCUT2D eigenvalue weighted by Gasteiger charge is 2.76. The lowest BCUT2D eigenvalue weighted by Crippen LogP contribution is -2.75. The lowest BCUT2D eigenvalue weighted by Gasteiger charge is -2.74. The molecule has 2 unspecified atom stereocenters. The van der Waals surface area contributed by atoms with Crippen molar-refractivity contribution in [2.75, 3.05) is 0 Å². The fraction of sp³-hybridized carbons (Fsp3) is 0.882. The molecular formula is C17H30N2O4. The number of primary amides is 2. The largest absolute Gasteiger partial charge is 0.367 e. The van der Waals surface area contributed by atoms with E-state index in [-0.39, 0.29) is 10.8 Å². The van der Waals surface area contributed by atoms with E-state index in [4.69, 9.17) is 20.9 Å². The maximum absolute atomic E-state index is 11.9. The van der Waals surface area contributed by atoms with Gasteiger partial charge in [-0.2, -0.15) is 0 Å². The number of hydrogen-bond donors (Lipinski definition) is 2. The minimum absolute atomic E-state index is 0.270. The number of carbonyl (C=O) groups excluding carboxylic acids is 2. The predicted octanol–water partition coefficient (Wildman–Crippen LogP) is 1.49. The molecule has 0 aromatic carbocycles. The van der Waals surface area contributed by atoms with Crippen molar-refractivity contribution in [3.63, 3.8) is 0 Å². The van der Waals surface area contributed by atoms with E-state index in [1.54, 1.807) is 0 Å². The topological polar surface area (TPSA) is 105 Å². The average Bonchev–Trinajstić information content (AvgIpc) is 2.18. The quantitative estimate of drug-likeness (QED) is 0.771. The van der Waals surface area contributed by atoms with Crippen LogP contribution in [0.4, 0.5) is 0 Å². The molecule has 23 heavy (non-hydrogen) atoms. The minimum Gasteiger partial charge on any atom is -0.367 e. The van der Waals surface area contributed by atoms with Crippen molar-refractivity contribution < 1.29 is 19.1 Å². The number of nitrogens with two attached hydrogens (primary N) is 2. The molecule has 0 saturated heterocycles. The molecule has 3 aliphatic rings. The van der Waals surface area contributed by atoms with E-state index < -0.39 is 35.2 Å². The Hall–Kier alpha value is -1.14. The molecule has 132 valence electrons. The number of carbonyl (C=O) groups is 2. The van der Waals surface area contributed by atoms with Gasteiger partial charge in [0.2, 0.25) is 11.8 Å². The molecule has 2 atom stereocenters. The fourth-order valence-electron chi connectivity index (χ4n) is 4.18. The summed E-state index contributed by atoms with van der Waals surface area (Å²) in [7, 11) is 0. The second-order valence-electron chi connectivity index (χ2n) is 9.28. The molecule has 0 aromatic rings. The second kappa shape index (κ2) is 5.18. The van der Waals surface area contributed by atoms with Gasteiger partial charge in [-0.1, -0.05) is 0 Å². The first-order valence-electron chi connectivity index (χ1n) is 8.14. The van der Waals surface area contributed by atoms with Gasteiger partial charge in [0, 0.05) is 10.8 Å². The Bertz CT molecular complexity index is 452. The van der Waals surface area contributed by atoms with E-state index in [1.165, 1.54) is 0 Å². The molecule has 4 N–H and O–H groups in total. The molecule has 3 aliphatic carbocycles. The Morgan fingerprint density at radius 1 is 0.783 bits per heavy atom. The van der Waals surface area contributed by atoms with Crippen LogP contribution in [0.15, 0.2) is 0 Å². The maximum Gasteiger partial charge on any atom is 0.247 e. The molecule has 6 nitrogen and oxygen atoms in total. The van der Waals surface area contributed by atoms with Gasteiger partial charge in [-0.05, 0) is 60.8 Å². The molecule has 3 fully saturated rings. The molecule has 0 radical (unpaired) electrons. The summed E-state index contributed by atoms with van der Waals surface area (Å²) >= 11 is 0.